The molecular formula is C18H18FNO6S. The number of halogens is 1. The summed E-state index contributed by atoms with van der Waals surface area (Å²) in [5, 5.41) is 0. The number of benzene rings is 2. The maximum atomic E-state index is 13.5. The number of sulfonamides is 1. The molecule has 0 atom stereocenters. The van der Waals surface area contributed by atoms with Gasteiger partial charge in [0.2, 0.25) is 10.0 Å². The number of ketones is 1. The van der Waals surface area contributed by atoms with Gasteiger partial charge in [0, 0.05) is 5.56 Å². The molecule has 0 heterocycles. The van der Waals surface area contributed by atoms with Gasteiger partial charge in [0.25, 0.3) is 0 Å². The molecule has 0 unspecified atom stereocenters. The summed E-state index contributed by atoms with van der Waals surface area (Å²) in [6, 6.07) is 11.0. The number of nitrogens with one attached hydrogen (secondary N) is 1. The van der Waals surface area contributed by atoms with Gasteiger partial charge in [-0.2, -0.15) is 4.72 Å². The van der Waals surface area contributed by atoms with Crippen LogP contribution in [-0.4, -0.2) is 39.9 Å². The topological polar surface area (TPSA) is 98.8 Å². The minimum Gasteiger partial charge on any atom is -0.494 e. The molecule has 0 bridgehead atoms. The predicted octanol–water partition coefficient (Wildman–Crippen LogP) is 1.93. The molecule has 0 spiro atoms. The van der Waals surface area contributed by atoms with Gasteiger partial charge in [-0.25, -0.2) is 12.8 Å². The average Bonchev–Trinajstić information content (AvgIpc) is 2.65. The lowest BCUT2D eigenvalue weighted by Gasteiger charge is -2.08. The number of hydrogen-bond acceptors (Lipinski definition) is 6. The summed E-state index contributed by atoms with van der Waals surface area (Å²) in [4.78, 5) is 23.1. The van der Waals surface area contributed by atoms with Gasteiger partial charge in [0.1, 0.15) is 23.0 Å². The molecule has 0 aliphatic rings. The number of Topliss-reactive ketones (excluding diaryl/α,β-unsaturated/α-hetero) is 1. The highest BCUT2D eigenvalue weighted by molar-refractivity contribution is 7.89. The summed E-state index contributed by atoms with van der Waals surface area (Å²) in [6.45, 7) is 1.05. The van der Waals surface area contributed by atoms with Gasteiger partial charge in [0.15, 0.2) is 12.4 Å². The number of rotatable bonds is 9. The van der Waals surface area contributed by atoms with Gasteiger partial charge in [-0.15, -0.1) is 0 Å². The van der Waals surface area contributed by atoms with Crippen LogP contribution in [0.1, 0.15) is 17.3 Å². The Hall–Kier alpha value is -2.78. The molecule has 2 aromatic rings. The second kappa shape index (κ2) is 9.24. The largest absolute Gasteiger partial charge is 0.494 e. The fourth-order valence-electron chi connectivity index (χ4n) is 2.08. The third-order valence-electron chi connectivity index (χ3n) is 3.38. The Morgan fingerprint density at radius 3 is 2.37 bits per heavy atom. The maximum absolute atomic E-state index is 13.5. The highest BCUT2D eigenvalue weighted by Crippen LogP contribution is 2.13. The molecule has 0 saturated carbocycles. The summed E-state index contributed by atoms with van der Waals surface area (Å²) in [5.74, 6) is -1.75. The van der Waals surface area contributed by atoms with E-state index in [0.717, 1.165) is 12.1 Å². The van der Waals surface area contributed by atoms with Crippen molar-refractivity contribution in [3.8, 4) is 5.75 Å². The van der Waals surface area contributed by atoms with E-state index >= 15 is 0 Å². The monoisotopic (exact) mass is 395 g/mol. The first-order valence-electron chi connectivity index (χ1n) is 7.99. The smallest absolute Gasteiger partial charge is 0.321 e. The summed E-state index contributed by atoms with van der Waals surface area (Å²) >= 11 is 0. The number of esters is 1. The minimum absolute atomic E-state index is 0.318. The molecule has 9 heteroatoms. The Morgan fingerprint density at radius 2 is 1.74 bits per heavy atom. The van der Waals surface area contributed by atoms with Gasteiger partial charge in [0.05, 0.1) is 6.61 Å². The molecule has 0 aromatic heterocycles. The number of carbonyl (C=O) groups is 2. The van der Waals surface area contributed by atoms with E-state index in [2.05, 4.69) is 0 Å². The van der Waals surface area contributed by atoms with Crippen molar-refractivity contribution >= 4 is 21.8 Å². The third kappa shape index (κ3) is 5.87. The Bertz CT molecular complexity index is 912. The molecular weight excluding hydrogens is 377 g/mol. The van der Waals surface area contributed by atoms with Gasteiger partial charge in [-0.05, 0) is 43.3 Å². The SMILES string of the molecule is CCOc1ccc(C(=O)COC(=O)CNS(=O)(=O)c2ccccc2F)cc1. The van der Waals surface area contributed by atoms with Crippen LogP contribution < -0.4 is 9.46 Å². The van der Waals surface area contributed by atoms with Crippen LogP contribution in [-0.2, 0) is 19.6 Å². The molecule has 0 aliphatic carbocycles. The molecule has 7 nitrogen and oxygen atoms in total. The highest BCUT2D eigenvalue weighted by atomic mass is 32.2. The predicted molar refractivity (Wildman–Crippen MR) is 94.5 cm³/mol. The quantitative estimate of drug-likeness (QED) is 0.515. The van der Waals surface area contributed by atoms with Crippen molar-refractivity contribution in [2.45, 2.75) is 11.8 Å². The lowest BCUT2D eigenvalue weighted by molar-refractivity contribution is -0.141. The molecule has 2 aromatic carbocycles. The van der Waals surface area contributed by atoms with Gasteiger partial charge < -0.3 is 9.47 Å². The van der Waals surface area contributed by atoms with E-state index in [-0.39, 0.29) is 0 Å². The Labute approximate surface area is 156 Å². The van der Waals surface area contributed by atoms with E-state index in [4.69, 9.17) is 9.47 Å². The summed E-state index contributed by atoms with van der Waals surface area (Å²) in [5.41, 5.74) is 0.318. The van der Waals surface area contributed by atoms with Crippen LogP contribution in [0.3, 0.4) is 0 Å². The first-order chi connectivity index (χ1) is 12.8. The Kier molecular flexibility index (Phi) is 7.03. The van der Waals surface area contributed by atoms with Crippen molar-refractivity contribution in [1.29, 1.82) is 0 Å². The maximum Gasteiger partial charge on any atom is 0.321 e. The van der Waals surface area contributed by atoms with Crippen LogP contribution in [0.2, 0.25) is 0 Å². The van der Waals surface area contributed by atoms with Crippen molar-refractivity contribution in [3.05, 3.63) is 59.9 Å². The normalized spacial score (nSPS) is 11.0. The van der Waals surface area contributed by atoms with E-state index < -0.39 is 45.6 Å². The Balaban J connectivity index is 1.85. The van der Waals surface area contributed by atoms with Gasteiger partial charge >= 0.3 is 5.97 Å². The van der Waals surface area contributed by atoms with E-state index in [1.165, 1.54) is 24.3 Å². The fourth-order valence-corrected chi connectivity index (χ4v) is 3.12. The second-order valence-corrected chi connectivity index (χ2v) is 7.03. The van der Waals surface area contributed by atoms with E-state index in [9.17, 15) is 22.4 Å². The summed E-state index contributed by atoms with van der Waals surface area (Å²) in [7, 11) is -4.21. The molecule has 0 saturated heterocycles. The lowest BCUT2D eigenvalue weighted by atomic mass is 10.1. The van der Waals surface area contributed by atoms with E-state index in [1.807, 2.05) is 11.6 Å². The summed E-state index contributed by atoms with van der Waals surface area (Å²) in [6.07, 6.45) is 0. The van der Waals surface area contributed by atoms with Crippen LogP contribution in [0.5, 0.6) is 5.75 Å². The van der Waals surface area contributed by atoms with Crippen molar-refractivity contribution in [2.24, 2.45) is 0 Å². The molecule has 2 rings (SSSR count). The average molecular weight is 395 g/mol. The van der Waals surface area contributed by atoms with Gasteiger partial charge in [-0.3, -0.25) is 9.59 Å². The zero-order valence-electron chi connectivity index (χ0n) is 14.5. The van der Waals surface area contributed by atoms with Crippen LogP contribution >= 0.6 is 0 Å². The van der Waals surface area contributed by atoms with Crippen LogP contribution in [0.4, 0.5) is 4.39 Å². The number of carbonyl (C=O) groups excluding carboxylic acids is 2. The highest BCUT2D eigenvalue weighted by Gasteiger charge is 2.20. The molecule has 0 amide bonds. The number of ether oxygens (including phenoxy) is 2. The second-order valence-electron chi connectivity index (χ2n) is 5.30. The molecule has 0 fully saturated rings. The minimum atomic E-state index is -4.21. The molecule has 1 N–H and O–H groups in total. The van der Waals surface area contributed by atoms with Crippen LogP contribution in [0.25, 0.3) is 0 Å². The standard InChI is InChI=1S/C18H18FNO6S/c1-2-25-14-9-7-13(8-10-14)16(21)12-26-18(22)11-20-27(23,24)17-6-4-3-5-15(17)19/h3-10,20H,2,11-12H2,1H3. The van der Waals surface area contributed by atoms with Crippen molar-refractivity contribution < 1.29 is 31.9 Å². The van der Waals surface area contributed by atoms with Crippen molar-refractivity contribution in [3.63, 3.8) is 0 Å². The van der Waals surface area contributed by atoms with Gasteiger partial charge in [-0.1, -0.05) is 12.1 Å². The number of hydrogen-bond donors (Lipinski definition) is 1. The zero-order valence-corrected chi connectivity index (χ0v) is 15.3. The van der Waals surface area contributed by atoms with Crippen molar-refractivity contribution in [2.75, 3.05) is 19.8 Å². The van der Waals surface area contributed by atoms with Crippen LogP contribution in [0, 0.1) is 5.82 Å². The molecule has 27 heavy (non-hydrogen) atoms. The van der Waals surface area contributed by atoms with Crippen LogP contribution in [0.15, 0.2) is 53.4 Å². The van der Waals surface area contributed by atoms with E-state index in [0.29, 0.717) is 17.9 Å². The third-order valence-corrected chi connectivity index (χ3v) is 4.82. The summed E-state index contributed by atoms with van der Waals surface area (Å²) < 4.78 is 49.4. The first kappa shape index (κ1) is 20.5. The fraction of sp³-hybridized carbons (Fsp3) is 0.222. The first-order valence-corrected chi connectivity index (χ1v) is 9.47. The van der Waals surface area contributed by atoms with E-state index in [1.54, 1.807) is 12.1 Å². The zero-order chi connectivity index (χ0) is 19.9. The molecule has 0 radical (unpaired) electrons. The molecule has 0 aliphatic heterocycles. The molecule has 144 valence electrons. The Morgan fingerprint density at radius 1 is 1.07 bits per heavy atom. The lowest BCUT2D eigenvalue weighted by Crippen LogP contribution is -2.32. The van der Waals surface area contributed by atoms with Crippen molar-refractivity contribution in [1.82, 2.24) is 4.72 Å².